The van der Waals surface area contributed by atoms with Crippen molar-refractivity contribution >= 4 is 11.7 Å². The summed E-state index contributed by atoms with van der Waals surface area (Å²) in [5.74, 6) is 0.349. The zero-order valence-corrected chi connectivity index (χ0v) is 11.3. The Hall–Kier alpha value is -2.24. The Morgan fingerprint density at radius 2 is 2.05 bits per heavy atom. The van der Waals surface area contributed by atoms with Gasteiger partial charge < -0.3 is 21.0 Å². The first-order valence-corrected chi connectivity index (χ1v) is 5.91. The molecule has 1 unspecified atom stereocenters. The van der Waals surface area contributed by atoms with Crippen LogP contribution in [0.15, 0.2) is 29.4 Å². The minimum atomic E-state index is -0.883. The summed E-state index contributed by atoms with van der Waals surface area (Å²) in [6, 6.07) is 6.69. The molecule has 0 radical (unpaired) electrons. The fourth-order valence-corrected chi connectivity index (χ4v) is 1.51. The number of nitrogens with two attached hydrogens (primary N) is 1. The minimum absolute atomic E-state index is 0.0307. The van der Waals surface area contributed by atoms with Crippen LogP contribution in [-0.2, 0) is 0 Å². The van der Waals surface area contributed by atoms with Crippen LogP contribution in [-0.4, -0.2) is 29.6 Å². The highest BCUT2D eigenvalue weighted by Gasteiger charge is 2.29. The van der Waals surface area contributed by atoms with Gasteiger partial charge in [-0.3, -0.25) is 4.79 Å². The van der Waals surface area contributed by atoms with Gasteiger partial charge in [0.15, 0.2) is 5.84 Å². The Morgan fingerprint density at radius 3 is 2.47 bits per heavy atom. The Balaban J connectivity index is 2.88. The third-order valence-electron chi connectivity index (χ3n) is 3.12. The lowest BCUT2D eigenvalue weighted by molar-refractivity contribution is 0.0925. The minimum Gasteiger partial charge on any atom is -0.497 e. The average molecular weight is 265 g/mol. The van der Waals surface area contributed by atoms with Crippen molar-refractivity contribution in [2.75, 3.05) is 7.11 Å². The van der Waals surface area contributed by atoms with Crippen molar-refractivity contribution in [2.24, 2.45) is 10.9 Å². The van der Waals surface area contributed by atoms with Crippen LogP contribution in [0.25, 0.3) is 0 Å². The van der Waals surface area contributed by atoms with Crippen LogP contribution in [0.2, 0.25) is 0 Å². The van der Waals surface area contributed by atoms with E-state index in [-0.39, 0.29) is 11.7 Å². The predicted molar refractivity (Wildman–Crippen MR) is 72.6 cm³/mol. The molecule has 1 rings (SSSR count). The molecule has 104 valence electrons. The van der Waals surface area contributed by atoms with E-state index in [1.807, 2.05) is 6.92 Å². The van der Waals surface area contributed by atoms with Gasteiger partial charge in [-0.25, -0.2) is 0 Å². The number of hydrogen-bond donors (Lipinski definition) is 3. The molecular weight excluding hydrogens is 246 g/mol. The molecule has 0 aliphatic heterocycles. The summed E-state index contributed by atoms with van der Waals surface area (Å²) < 4.78 is 5.02. The maximum absolute atomic E-state index is 12.1. The van der Waals surface area contributed by atoms with Crippen molar-refractivity contribution in [1.82, 2.24) is 5.32 Å². The number of carbonyl (C=O) groups is 1. The number of nitrogens with one attached hydrogen (secondary N) is 1. The molecule has 0 spiro atoms. The largest absolute Gasteiger partial charge is 0.497 e. The van der Waals surface area contributed by atoms with Gasteiger partial charge in [0, 0.05) is 5.56 Å². The number of ether oxygens (including phenoxy) is 1. The van der Waals surface area contributed by atoms with Crippen LogP contribution in [0.1, 0.15) is 30.6 Å². The van der Waals surface area contributed by atoms with E-state index >= 15 is 0 Å². The van der Waals surface area contributed by atoms with Gasteiger partial charge in [-0.1, -0.05) is 12.1 Å². The lowest BCUT2D eigenvalue weighted by Crippen LogP contribution is -2.55. The molecule has 19 heavy (non-hydrogen) atoms. The second-order valence-corrected chi connectivity index (χ2v) is 4.35. The normalized spacial score (nSPS) is 14.6. The Morgan fingerprint density at radius 1 is 1.47 bits per heavy atom. The molecule has 1 atom stereocenters. The highest BCUT2D eigenvalue weighted by molar-refractivity contribution is 6.00. The number of rotatable bonds is 5. The second kappa shape index (κ2) is 6.08. The monoisotopic (exact) mass is 265 g/mol. The Kier molecular flexibility index (Phi) is 4.74. The van der Waals surface area contributed by atoms with E-state index < -0.39 is 5.54 Å². The van der Waals surface area contributed by atoms with E-state index in [1.165, 1.54) is 0 Å². The predicted octanol–water partition coefficient (Wildman–Crippen LogP) is 1.34. The summed E-state index contributed by atoms with van der Waals surface area (Å²) in [4.78, 5) is 12.1. The maximum Gasteiger partial charge on any atom is 0.252 e. The molecule has 0 heterocycles. The molecule has 1 amide bonds. The first-order chi connectivity index (χ1) is 8.96. The van der Waals surface area contributed by atoms with Crippen LogP contribution >= 0.6 is 0 Å². The topological polar surface area (TPSA) is 96.9 Å². The van der Waals surface area contributed by atoms with Gasteiger partial charge in [0.2, 0.25) is 0 Å². The fourth-order valence-electron chi connectivity index (χ4n) is 1.51. The van der Waals surface area contributed by atoms with Crippen LogP contribution in [0.4, 0.5) is 0 Å². The van der Waals surface area contributed by atoms with E-state index in [4.69, 9.17) is 15.7 Å². The van der Waals surface area contributed by atoms with E-state index in [1.54, 1.807) is 38.3 Å². The molecule has 1 aromatic carbocycles. The van der Waals surface area contributed by atoms with Gasteiger partial charge >= 0.3 is 0 Å². The average Bonchev–Trinajstić information content (AvgIpc) is 2.46. The van der Waals surface area contributed by atoms with Gasteiger partial charge in [0.05, 0.1) is 12.6 Å². The zero-order chi connectivity index (χ0) is 14.5. The first kappa shape index (κ1) is 14.8. The SMILES string of the molecule is CCC(C)(NC(=O)c1ccc(OC)cc1)/C(N)=N/O. The van der Waals surface area contributed by atoms with Crippen molar-refractivity contribution in [3.63, 3.8) is 0 Å². The molecule has 4 N–H and O–H groups in total. The lowest BCUT2D eigenvalue weighted by Gasteiger charge is -2.28. The smallest absolute Gasteiger partial charge is 0.252 e. The summed E-state index contributed by atoms with van der Waals surface area (Å²) in [5.41, 5.74) is 5.19. The summed E-state index contributed by atoms with van der Waals surface area (Å²) in [6.07, 6.45) is 0.505. The highest BCUT2D eigenvalue weighted by atomic mass is 16.5. The van der Waals surface area contributed by atoms with Crippen molar-refractivity contribution < 1.29 is 14.7 Å². The van der Waals surface area contributed by atoms with Gasteiger partial charge in [-0.15, -0.1) is 0 Å². The number of amides is 1. The molecule has 0 aliphatic carbocycles. The van der Waals surface area contributed by atoms with Crippen molar-refractivity contribution in [3.8, 4) is 5.75 Å². The maximum atomic E-state index is 12.1. The number of nitrogens with zero attached hydrogens (tertiary/aromatic N) is 1. The van der Waals surface area contributed by atoms with Crippen LogP contribution < -0.4 is 15.8 Å². The molecular formula is C13H19N3O3. The van der Waals surface area contributed by atoms with Gasteiger partial charge in [0.1, 0.15) is 5.75 Å². The zero-order valence-electron chi connectivity index (χ0n) is 11.3. The summed E-state index contributed by atoms with van der Waals surface area (Å²) in [6.45, 7) is 3.54. The molecule has 6 heteroatoms. The third-order valence-corrected chi connectivity index (χ3v) is 3.12. The van der Waals surface area contributed by atoms with Crippen molar-refractivity contribution in [1.29, 1.82) is 0 Å². The molecule has 0 bridgehead atoms. The fraction of sp³-hybridized carbons (Fsp3) is 0.385. The van der Waals surface area contributed by atoms with Crippen molar-refractivity contribution in [3.05, 3.63) is 29.8 Å². The Labute approximate surface area is 112 Å². The number of carbonyl (C=O) groups excluding carboxylic acids is 1. The lowest BCUT2D eigenvalue weighted by atomic mass is 9.97. The van der Waals surface area contributed by atoms with Crippen LogP contribution in [0.5, 0.6) is 5.75 Å². The summed E-state index contributed by atoms with van der Waals surface area (Å²) in [7, 11) is 1.56. The third kappa shape index (κ3) is 3.37. The van der Waals surface area contributed by atoms with Crippen LogP contribution in [0.3, 0.4) is 0 Å². The number of amidine groups is 1. The van der Waals surface area contributed by atoms with Crippen LogP contribution in [0, 0.1) is 0 Å². The van der Waals surface area contributed by atoms with E-state index in [9.17, 15) is 4.79 Å². The molecule has 0 aromatic heterocycles. The first-order valence-electron chi connectivity index (χ1n) is 5.91. The summed E-state index contributed by atoms with van der Waals surface area (Å²) >= 11 is 0. The number of methoxy groups -OCH3 is 1. The van der Waals surface area contributed by atoms with Gasteiger partial charge in [-0.05, 0) is 37.6 Å². The molecule has 0 saturated heterocycles. The standard InChI is InChI=1S/C13H19N3O3/c1-4-13(2,12(14)16-18)15-11(17)9-5-7-10(19-3)8-6-9/h5-8,18H,4H2,1-3H3,(H2,14,16)(H,15,17). The molecule has 0 fully saturated rings. The molecule has 6 nitrogen and oxygen atoms in total. The molecule has 0 saturated carbocycles. The Bertz CT molecular complexity index is 471. The summed E-state index contributed by atoms with van der Waals surface area (Å²) in [5, 5.41) is 14.5. The highest BCUT2D eigenvalue weighted by Crippen LogP contribution is 2.14. The van der Waals surface area contributed by atoms with E-state index in [2.05, 4.69) is 10.5 Å². The second-order valence-electron chi connectivity index (χ2n) is 4.35. The van der Waals surface area contributed by atoms with Gasteiger partial charge in [0.25, 0.3) is 5.91 Å². The van der Waals surface area contributed by atoms with Gasteiger partial charge in [-0.2, -0.15) is 0 Å². The number of oxime groups is 1. The van der Waals surface area contributed by atoms with E-state index in [0.717, 1.165) is 0 Å². The quantitative estimate of drug-likeness (QED) is 0.324. The molecule has 1 aromatic rings. The molecule has 0 aliphatic rings. The number of hydrogen-bond acceptors (Lipinski definition) is 4. The van der Waals surface area contributed by atoms with E-state index in [0.29, 0.717) is 17.7 Å². The van der Waals surface area contributed by atoms with Crippen molar-refractivity contribution in [2.45, 2.75) is 25.8 Å². The number of benzene rings is 1.